The number of nitrogens with one attached hydrogen (secondary N) is 1. The van der Waals surface area contributed by atoms with Crippen LogP contribution in [-0.4, -0.2) is 27.8 Å². The summed E-state index contributed by atoms with van der Waals surface area (Å²) in [4.78, 5) is 16.5. The van der Waals surface area contributed by atoms with Crippen molar-refractivity contribution in [1.29, 1.82) is 0 Å². The molecule has 3 aromatic rings. The van der Waals surface area contributed by atoms with Gasteiger partial charge < -0.3 is 20.5 Å². The molecule has 0 bridgehead atoms. The van der Waals surface area contributed by atoms with Crippen molar-refractivity contribution in [2.24, 2.45) is 5.73 Å². The van der Waals surface area contributed by atoms with Gasteiger partial charge in [0.2, 0.25) is 11.9 Å². The van der Waals surface area contributed by atoms with Crippen molar-refractivity contribution in [3.63, 3.8) is 0 Å². The van der Waals surface area contributed by atoms with Gasteiger partial charge in [0.15, 0.2) is 11.5 Å². The number of carbonyl (C=O) groups excluding carboxylic acids is 1. The third-order valence-corrected chi connectivity index (χ3v) is 5.85. The lowest BCUT2D eigenvalue weighted by Gasteiger charge is -2.28. The van der Waals surface area contributed by atoms with Crippen molar-refractivity contribution in [1.82, 2.24) is 14.8 Å². The molecule has 0 saturated heterocycles. The summed E-state index contributed by atoms with van der Waals surface area (Å²) >= 11 is 3.60. The first-order valence-corrected chi connectivity index (χ1v) is 10.4. The first-order valence-electron chi connectivity index (χ1n) is 9.62. The minimum atomic E-state index is -0.549. The van der Waals surface area contributed by atoms with Crippen LogP contribution in [0.1, 0.15) is 29.7 Å². The Hall–Kier alpha value is -3.33. The van der Waals surface area contributed by atoms with E-state index in [-0.39, 0.29) is 0 Å². The third kappa shape index (κ3) is 3.88. The highest BCUT2D eigenvalue weighted by molar-refractivity contribution is 9.10. The molecule has 4 rings (SSSR count). The maximum absolute atomic E-state index is 12.3. The number of allylic oxidation sites excluding steroid dienone is 1. The Morgan fingerprint density at radius 2 is 2.06 bits per heavy atom. The summed E-state index contributed by atoms with van der Waals surface area (Å²) in [7, 11) is 1.57. The number of amides is 1. The van der Waals surface area contributed by atoms with E-state index in [0.717, 1.165) is 16.7 Å². The van der Waals surface area contributed by atoms with Gasteiger partial charge in [-0.25, -0.2) is 4.68 Å². The van der Waals surface area contributed by atoms with Gasteiger partial charge in [0, 0.05) is 5.70 Å². The number of halogens is 1. The van der Waals surface area contributed by atoms with E-state index < -0.39 is 11.9 Å². The molecule has 0 fully saturated rings. The molecule has 1 aliphatic rings. The largest absolute Gasteiger partial charge is 0.493 e. The molecular weight excluding hydrogens is 462 g/mol. The van der Waals surface area contributed by atoms with Crippen LogP contribution in [0.2, 0.25) is 0 Å². The molecule has 1 unspecified atom stereocenters. The summed E-state index contributed by atoms with van der Waals surface area (Å²) in [6.45, 7) is 4.23. The molecule has 0 aliphatic carbocycles. The summed E-state index contributed by atoms with van der Waals surface area (Å²) < 4.78 is 14.0. The molecule has 0 saturated carbocycles. The van der Waals surface area contributed by atoms with E-state index in [4.69, 9.17) is 15.2 Å². The van der Waals surface area contributed by atoms with E-state index >= 15 is 0 Å². The predicted molar refractivity (Wildman–Crippen MR) is 120 cm³/mol. The molecule has 9 heteroatoms. The number of primary amides is 1. The lowest BCUT2D eigenvalue weighted by molar-refractivity contribution is -0.115. The molecule has 0 spiro atoms. The SMILES string of the molecule is COc1cc(C2C(C(N)=O)=C(C)Nc3ncnn32)cc(Br)c1OCc1ccccc1C. The van der Waals surface area contributed by atoms with Crippen LogP contribution >= 0.6 is 15.9 Å². The van der Waals surface area contributed by atoms with E-state index in [1.807, 2.05) is 43.3 Å². The van der Waals surface area contributed by atoms with Gasteiger partial charge in [-0.3, -0.25) is 4.79 Å². The zero-order valence-corrected chi connectivity index (χ0v) is 18.9. The zero-order chi connectivity index (χ0) is 22.1. The molecule has 31 heavy (non-hydrogen) atoms. The second kappa shape index (κ2) is 8.43. The standard InChI is InChI=1S/C22H22BrN5O3/c1-12-6-4-5-7-14(12)10-31-20-16(23)8-15(9-17(20)30-3)19-18(21(24)29)13(2)27-22-25-11-26-28(19)22/h4-9,11,19H,10H2,1-3H3,(H2,24,29)(H,25,26,27). The second-order valence-electron chi connectivity index (χ2n) is 7.21. The number of benzene rings is 2. The summed E-state index contributed by atoms with van der Waals surface area (Å²) in [5.41, 5.74) is 9.73. The van der Waals surface area contributed by atoms with Crippen LogP contribution in [0.4, 0.5) is 5.95 Å². The highest BCUT2D eigenvalue weighted by Gasteiger charge is 2.33. The van der Waals surface area contributed by atoms with Crippen molar-refractivity contribution in [2.45, 2.75) is 26.5 Å². The molecule has 1 aliphatic heterocycles. The van der Waals surface area contributed by atoms with E-state index in [2.05, 4.69) is 31.3 Å². The molecule has 1 amide bonds. The van der Waals surface area contributed by atoms with Crippen molar-refractivity contribution in [3.8, 4) is 11.5 Å². The van der Waals surface area contributed by atoms with Crippen molar-refractivity contribution in [2.75, 3.05) is 12.4 Å². The molecule has 2 heterocycles. The molecular formula is C22H22BrN5O3. The molecule has 160 valence electrons. The first-order chi connectivity index (χ1) is 14.9. The van der Waals surface area contributed by atoms with E-state index in [1.165, 1.54) is 6.33 Å². The maximum Gasteiger partial charge on any atom is 0.248 e. The van der Waals surface area contributed by atoms with Gasteiger partial charge in [-0.1, -0.05) is 24.3 Å². The number of ether oxygens (including phenoxy) is 2. The number of fused-ring (bicyclic) bond motifs is 1. The van der Waals surface area contributed by atoms with Crippen LogP contribution in [0.15, 0.2) is 58.5 Å². The molecule has 2 aromatic carbocycles. The summed E-state index contributed by atoms with van der Waals surface area (Å²) in [6, 6.07) is 11.2. The Morgan fingerprint density at radius 3 is 2.77 bits per heavy atom. The molecule has 1 atom stereocenters. The number of aromatic nitrogens is 3. The number of anilines is 1. The van der Waals surface area contributed by atoms with Crippen LogP contribution in [0, 0.1) is 6.92 Å². The van der Waals surface area contributed by atoms with Gasteiger partial charge in [0.25, 0.3) is 0 Å². The average Bonchev–Trinajstić information content (AvgIpc) is 3.20. The third-order valence-electron chi connectivity index (χ3n) is 5.26. The molecule has 0 radical (unpaired) electrons. The number of aryl methyl sites for hydroxylation is 1. The quantitative estimate of drug-likeness (QED) is 0.553. The summed E-state index contributed by atoms with van der Waals surface area (Å²) in [5, 5.41) is 7.36. The van der Waals surface area contributed by atoms with Crippen LogP contribution in [0.5, 0.6) is 11.5 Å². The highest BCUT2D eigenvalue weighted by Crippen LogP contribution is 2.42. The second-order valence-corrected chi connectivity index (χ2v) is 8.06. The van der Waals surface area contributed by atoms with Gasteiger partial charge in [0.05, 0.1) is 17.2 Å². The average molecular weight is 484 g/mol. The van der Waals surface area contributed by atoms with Gasteiger partial charge in [0.1, 0.15) is 19.0 Å². The number of hydrogen-bond acceptors (Lipinski definition) is 6. The lowest BCUT2D eigenvalue weighted by atomic mass is 9.95. The number of carbonyl (C=O) groups is 1. The minimum absolute atomic E-state index is 0.396. The first kappa shape index (κ1) is 20.9. The van der Waals surface area contributed by atoms with Crippen LogP contribution < -0.4 is 20.5 Å². The monoisotopic (exact) mass is 483 g/mol. The normalized spacial score (nSPS) is 15.3. The Balaban J connectivity index is 1.74. The van der Waals surface area contributed by atoms with E-state index in [1.54, 1.807) is 18.7 Å². The minimum Gasteiger partial charge on any atom is -0.493 e. The van der Waals surface area contributed by atoms with Gasteiger partial charge in [-0.15, -0.1) is 0 Å². The van der Waals surface area contributed by atoms with Crippen LogP contribution in [0.25, 0.3) is 0 Å². The van der Waals surface area contributed by atoms with Crippen molar-refractivity contribution in [3.05, 3.63) is 75.2 Å². The Morgan fingerprint density at radius 1 is 1.29 bits per heavy atom. The fourth-order valence-corrected chi connectivity index (χ4v) is 4.25. The zero-order valence-electron chi connectivity index (χ0n) is 17.3. The molecule has 1 aromatic heterocycles. The lowest BCUT2D eigenvalue weighted by Crippen LogP contribution is -2.31. The van der Waals surface area contributed by atoms with Crippen molar-refractivity contribution < 1.29 is 14.3 Å². The number of methoxy groups -OCH3 is 1. The highest BCUT2D eigenvalue weighted by atomic mass is 79.9. The van der Waals surface area contributed by atoms with E-state index in [9.17, 15) is 4.79 Å². The van der Waals surface area contributed by atoms with Gasteiger partial charge >= 0.3 is 0 Å². The summed E-state index contributed by atoms with van der Waals surface area (Å²) in [6.07, 6.45) is 1.43. The fraction of sp³-hybridized carbons (Fsp3) is 0.227. The van der Waals surface area contributed by atoms with Crippen molar-refractivity contribution >= 4 is 27.8 Å². The number of nitrogens with two attached hydrogens (primary N) is 1. The maximum atomic E-state index is 12.3. The number of nitrogens with zero attached hydrogens (tertiary/aromatic N) is 3. The Bertz CT molecular complexity index is 1190. The predicted octanol–water partition coefficient (Wildman–Crippen LogP) is 3.71. The number of hydrogen-bond donors (Lipinski definition) is 2. The van der Waals surface area contributed by atoms with Crippen LogP contribution in [0.3, 0.4) is 0 Å². The Kier molecular flexibility index (Phi) is 5.69. The van der Waals surface area contributed by atoms with E-state index in [0.29, 0.717) is 39.8 Å². The van der Waals surface area contributed by atoms with Gasteiger partial charge in [-0.05, 0) is 58.6 Å². The summed E-state index contributed by atoms with van der Waals surface area (Å²) in [5.74, 6) is 1.09. The smallest absolute Gasteiger partial charge is 0.248 e. The topological polar surface area (TPSA) is 104 Å². The molecule has 8 nitrogen and oxygen atoms in total. The fourth-order valence-electron chi connectivity index (χ4n) is 3.68. The van der Waals surface area contributed by atoms with Gasteiger partial charge in [-0.2, -0.15) is 10.1 Å². The number of rotatable bonds is 6. The molecule has 3 N–H and O–H groups in total. The van der Waals surface area contributed by atoms with Crippen LogP contribution in [-0.2, 0) is 11.4 Å². The Labute approximate surface area is 188 Å².